The van der Waals surface area contributed by atoms with Crippen molar-refractivity contribution in [3.63, 3.8) is 0 Å². The third-order valence-corrected chi connectivity index (χ3v) is 8.62. The van der Waals surface area contributed by atoms with Crippen LogP contribution in [0.5, 0.6) is 5.75 Å². The summed E-state index contributed by atoms with van der Waals surface area (Å²) in [5.74, 6) is -0.0673. The maximum atomic E-state index is 14.0. The highest BCUT2D eigenvalue weighted by atomic mass is 35.5. The largest absolute Gasteiger partial charge is 0.489 e. The predicted molar refractivity (Wildman–Crippen MR) is 165 cm³/mol. The number of alkyl halides is 3. The molecule has 0 bridgehead atoms. The maximum absolute atomic E-state index is 14.0. The first kappa shape index (κ1) is 31.2. The minimum absolute atomic E-state index is 0.0936. The Kier molecular flexibility index (Phi) is 8.06. The first-order chi connectivity index (χ1) is 20.6. The Morgan fingerprint density at radius 2 is 1.70 bits per heavy atom. The van der Waals surface area contributed by atoms with E-state index in [0.717, 1.165) is 39.9 Å². The van der Waals surface area contributed by atoms with Gasteiger partial charge >= 0.3 is 6.18 Å². The average Bonchev–Trinajstić information content (AvgIpc) is 2.92. The van der Waals surface area contributed by atoms with Gasteiger partial charge in [0.15, 0.2) is 5.78 Å². The van der Waals surface area contributed by atoms with Crippen LogP contribution in [0, 0.1) is 37.5 Å². The van der Waals surface area contributed by atoms with E-state index in [2.05, 4.69) is 6.07 Å². The van der Waals surface area contributed by atoms with E-state index in [1.54, 1.807) is 11.0 Å². The number of carbonyl (C=O) groups excluding carboxylic acids is 1. The number of nitriles is 1. The smallest absolute Gasteiger partial charge is 0.416 e. The minimum atomic E-state index is -4.51. The van der Waals surface area contributed by atoms with Crippen molar-refractivity contribution in [1.82, 2.24) is 0 Å². The van der Waals surface area contributed by atoms with E-state index in [9.17, 15) is 23.2 Å². The second-order valence-corrected chi connectivity index (χ2v) is 12.8. The Labute approximate surface area is 260 Å². The zero-order chi connectivity index (χ0) is 32.1. The number of nitrogens with two attached hydrogens (primary N) is 1. The molecule has 228 valence electrons. The molecule has 3 aromatic rings. The minimum Gasteiger partial charge on any atom is -0.489 e. The van der Waals surface area contributed by atoms with Gasteiger partial charge in [-0.25, -0.2) is 0 Å². The number of benzene rings is 3. The highest BCUT2D eigenvalue weighted by Gasteiger charge is 2.45. The molecule has 0 saturated carbocycles. The third-order valence-electron chi connectivity index (χ3n) is 8.39. The Hall–Kier alpha value is -4.22. The van der Waals surface area contributed by atoms with E-state index in [0.29, 0.717) is 34.2 Å². The summed E-state index contributed by atoms with van der Waals surface area (Å²) < 4.78 is 46.2. The summed E-state index contributed by atoms with van der Waals surface area (Å²) in [6, 6.07) is 16.2. The molecular formula is C35H33ClF3N3O2. The van der Waals surface area contributed by atoms with Crippen LogP contribution in [0.1, 0.15) is 66.0 Å². The van der Waals surface area contributed by atoms with E-state index in [1.807, 2.05) is 58.9 Å². The summed E-state index contributed by atoms with van der Waals surface area (Å²) in [5.41, 5.74) is 11.5. The molecule has 5 rings (SSSR count). The molecule has 1 atom stereocenters. The number of ketones is 1. The van der Waals surface area contributed by atoms with Crippen LogP contribution in [0.2, 0.25) is 5.02 Å². The summed E-state index contributed by atoms with van der Waals surface area (Å²) >= 11 is 6.11. The maximum Gasteiger partial charge on any atom is 0.416 e. The second-order valence-electron chi connectivity index (χ2n) is 12.4. The standard InChI is InChI=1S/C35H33ClF3N3O2/c1-19-12-20(2)26(14-22(19)18-44-30-11-8-24(36)13-21(30)3)31-27(17-40)33(41)42(25-9-6-23(7-10-25)35(37,38)39)28-15-34(4,5)16-29(43)32(28)31/h6-14,31H,15-16,18,41H2,1-5H3. The molecule has 0 radical (unpaired) electrons. The number of hydrogen-bond donors (Lipinski definition) is 1. The lowest BCUT2D eigenvalue weighted by molar-refractivity contribution is -0.137. The Morgan fingerprint density at radius 1 is 1.02 bits per heavy atom. The summed E-state index contributed by atoms with van der Waals surface area (Å²) in [6.45, 7) is 10.0. The Morgan fingerprint density at radius 3 is 2.32 bits per heavy atom. The van der Waals surface area contributed by atoms with Crippen molar-refractivity contribution < 1.29 is 22.7 Å². The van der Waals surface area contributed by atoms with Crippen LogP contribution in [-0.2, 0) is 17.6 Å². The van der Waals surface area contributed by atoms with Gasteiger partial charge in [-0.05, 0) is 103 Å². The molecule has 0 spiro atoms. The van der Waals surface area contributed by atoms with Crippen molar-refractivity contribution in [3.8, 4) is 11.8 Å². The van der Waals surface area contributed by atoms with Crippen LogP contribution in [0.3, 0.4) is 0 Å². The highest BCUT2D eigenvalue weighted by Crippen LogP contribution is 2.51. The van der Waals surface area contributed by atoms with E-state index in [-0.39, 0.29) is 30.2 Å². The quantitative estimate of drug-likeness (QED) is 0.309. The van der Waals surface area contributed by atoms with Gasteiger partial charge in [0.1, 0.15) is 18.2 Å². The molecule has 2 aliphatic rings. The number of rotatable bonds is 5. The van der Waals surface area contributed by atoms with Gasteiger partial charge in [-0.3, -0.25) is 9.69 Å². The molecule has 1 aliphatic heterocycles. The number of hydrogen-bond acceptors (Lipinski definition) is 5. The van der Waals surface area contributed by atoms with E-state index < -0.39 is 23.1 Å². The van der Waals surface area contributed by atoms with Gasteiger partial charge in [-0.1, -0.05) is 37.6 Å². The number of ether oxygens (including phenoxy) is 1. The highest BCUT2D eigenvalue weighted by molar-refractivity contribution is 6.30. The van der Waals surface area contributed by atoms with Gasteiger partial charge in [0.2, 0.25) is 0 Å². The first-order valence-electron chi connectivity index (χ1n) is 14.2. The normalized spacial score (nSPS) is 18.3. The number of halogens is 4. The fourth-order valence-corrected chi connectivity index (χ4v) is 6.45. The van der Waals surface area contributed by atoms with Crippen molar-refractivity contribution in [2.24, 2.45) is 11.1 Å². The fraction of sp³-hybridized carbons (Fsp3) is 0.314. The summed E-state index contributed by atoms with van der Waals surface area (Å²) in [6.07, 6.45) is -3.80. The molecule has 1 heterocycles. The molecule has 1 unspecified atom stereocenters. The van der Waals surface area contributed by atoms with Gasteiger partial charge in [-0.15, -0.1) is 0 Å². The van der Waals surface area contributed by atoms with Gasteiger partial charge < -0.3 is 10.5 Å². The number of carbonyl (C=O) groups is 1. The van der Waals surface area contributed by atoms with Crippen molar-refractivity contribution in [1.29, 1.82) is 5.26 Å². The van der Waals surface area contributed by atoms with Crippen molar-refractivity contribution in [2.45, 2.75) is 66.2 Å². The Bertz CT molecular complexity index is 1770. The molecule has 44 heavy (non-hydrogen) atoms. The molecule has 2 N–H and O–H groups in total. The first-order valence-corrected chi connectivity index (χ1v) is 14.6. The number of aryl methyl sites for hydroxylation is 3. The van der Waals surface area contributed by atoms with Crippen LogP contribution in [0.25, 0.3) is 0 Å². The van der Waals surface area contributed by atoms with E-state index >= 15 is 0 Å². The van der Waals surface area contributed by atoms with Crippen molar-refractivity contribution in [2.75, 3.05) is 4.90 Å². The molecule has 3 aromatic carbocycles. The summed E-state index contributed by atoms with van der Waals surface area (Å²) in [7, 11) is 0. The average molecular weight is 620 g/mol. The number of nitrogens with zero attached hydrogens (tertiary/aromatic N) is 2. The van der Waals surface area contributed by atoms with Gasteiger partial charge in [0.05, 0.1) is 23.1 Å². The topological polar surface area (TPSA) is 79.4 Å². The zero-order valence-electron chi connectivity index (χ0n) is 25.2. The van der Waals surface area contributed by atoms with Crippen LogP contribution < -0.4 is 15.4 Å². The lowest BCUT2D eigenvalue weighted by Gasteiger charge is -2.44. The van der Waals surface area contributed by atoms with Crippen molar-refractivity contribution in [3.05, 3.63) is 116 Å². The van der Waals surface area contributed by atoms with E-state index in [1.165, 1.54) is 12.1 Å². The van der Waals surface area contributed by atoms with Crippen LogP contribution >= 0.6 is 11.6 Å². The van der Waals surface area contributed by atoms with Gasteiger partial charge in [0, 0.05) is 28.4 Å². The SMILES string of the molecule is Cc1cc(C)c(C2C(C#N)=C(N)N(c3ccc(C(F)(F)F)cc3)C3=C2C(=O)CC(C)(C)C3)cc1COc1ccc(Cl)cc1C. The number of Topliss-reactive ketones (excluding diaryl/α,β-unsaturated/α-hetero) is 1. The van der Waals surface area contributed by atoms with Gasteiger partial charge in [0.25, 0.3) is 0 Å². The number of allylic oxidation sites excluding steroid dienone is 3. The van der Waals surface area contributed by atoms with Crippen molar-refractivity contribution >= 4 is 23.1 Å². The molecule has 0 amide bonds. The number of anilines is 1. The molecule has 0 aromatic heterocycles. The summed E-state index contributed by atoms with van der Waals surface area (Å²) in [5, 5.41) is 11.1. The predicted octanol–water partition coefficient (Wildman–Crippen LogP) is 8.80. The Balaban J connectivity index is 1.64. The summed E-state index contributed by atoms with van der Waals surface area (Å²) in [4.78, 5) is 15.5. The molecule has 1 aliphatic carbocycles. The monoisotopic (exact) mass is 619 g/mol. The van der Waals surface area contributed by atoms with Crippen LogP contribution in [0.4, 0.5) is 18.9 Å². The molecular weight excluding hydrogens is 587 g/mol. The molecule has 0 fully saturated rings. The lowest BCUT2D eigenvalue weighted by Crippen LogP contribution is -2.42. The van der Waals surface area contributed by atoms with Crippen LogP contribution in [-0.4, -0.2) is 5.78 Å². The van der Waals surface area contributed by atoms with Crippen LogP contribution in [0.15, 0.2) is 77.3 Å². The molecule has 5 nitrogen and oxygen atoms in total. The van der Waals surface area contributed by atoms with E-state index in [4.69, 9.17) is 22.1 Å². The third kappa shape index (κ3) is 5.81. The second kappa shape index (κ2) is 11.4. The molecule has 9 heteroatoms. The zero-order valence-corrected chi connectivity index (χ0v) is 26.0. The van der Waals surface area contributed by atoms with Gasteiger partial charge in [-0.2, -0.15) is 18.4 Å². The fourth-order valence-electron chi connectivity index (χ4n) is 6.23. The molecule has 0 saturated heterocycles. The lowest BCUT2D eigenvalue weighted by atomic mass is 9.68.